The summed E-state index contributed by atoms with van der Waals surface area (Å²) in [7, 11) is 0. The van der Waals surface area contributed by atoms with Crippen molar-refractivity contribution in [3.05, 3.63) is 11.6 Å². The summed E-state index contributed by atoms with van der Waals surface area (Å²) in [5.41, 5.74) is 1.02. The van der Waals surface area contributed by atoms with Crippen molar-refractivity contribution in [2.75, 3.05) is 6.61 Å². The van der Waals surface area contributed by atoms with E-state index in [2.05, 4.69) is 4.74 Å². The van der Waals surface area contributed by atoms with Gasteiger partial charge in [0.15, 0.2) is 0 Å². The molecule has 13 heavy (non-hydrogen) atoms. The third-order valence-corrected chi connectivity index (χ3v) is 1.47. The summed E-state index contributed by atoms with van der Waals surface area (Å²) in [5.74, 6) is -1.61. The molecule has 3 nitrogen and oxygen atoms in total. The van der Waals surface area contributed by atoms with Gasteiger partial charge in [-0.2, -0.15) is 0 Å². The highest BCUT2D eigenvalue weighted by Crippen LogP contribution is 2.04. The molecule has 0 radical (unpaired) electrons. The first-order valence-electron chi connectivity index (χ1n) is 4.35. The summed E-state index contributed by atoms with van der Waals surface area (Å²) in [4.78, 5) is 22.2. The van der Waals surface area contributed by atoms with Gasteiger partial charge in [0.25, 0.3) is 0 Å². The standard InChI is InChI=1S/C10H16O3/c1-5-13-10(12)9(11)8(4)6-7(2)3/h6,8H,5H2,1-4H3. The van der Waals surface area contributed by atoms with Crippen molar-refractivity contribution >= 4 is 11.8 Å². The van der Waals surface area contributed by atoms with Gasteiger partial charge in [-0.15, -0.1) is 0 Å². The van der Waals surface area contributed by atoms with Gasteiger partial charge in [0.1, 0.15) is 0 Å². The summed E-state index contributed by atoms with van der Waals surface area (Å²) < 4.78 is 4.59. The van der Waals surface area contributed by atoms with Crippen LogP contribution >= 0.6 is 0 Å². The molecule has 3 heteroatoms. The van der Waals surface area contributed by atoms with Crippen LogP contribution in [0.2, 0.25) is 0 Å². The van der Waals surface area contributed by atoms with E-state index < -0.39 is 11.8 Å². The lowest BCUT2D eigenvalue weighted by Gasteiger charge is -2.04. The Labute approximate surface area is 78.8 Å². The smallest absolute Gasteiger partial charge is 0.375 e. The Morgan fingerprint density at radius 3 is 2.31 bits per heavy atom. The van der Waals surface area contributed by atoms with Crippen LogP contribution in [-0.2, 0) is 14.3 Å². The molecule has 0 aromatic rings. The van der Waals surface area contributed by atoms with Crippen LogP contribution in [0.5, 0.6) is 0 Å². The molecule has 0 bridgehead atoms. The molecule has 0 fully saturated rings. The van der Waals surface area contributed by atoms with Crippen LogP contribution < -0.4 is 0 Å². The molecule has 0 amide bonds. The van der Waals surface area contributed by atoms with Crippen LogP contribution in [0.4, 0.5) is 0 Å². The first kappa shape index (κ1) is 11.9. The van der Waals surface area contributed by atoms with Gasteiger partial charge in [-0.1, -0.05) is 18.6 Å². The molecule has 74 valence electrons. The second-order valence-electron chi connectivity index (χ2n) is 3.12. The third-order valence-electron chi connectivity index (χ3n) is 1.47. The Kier molecular flexibility index (Phi) is 5.04. The maximum Gasteiger partial charge on any atom is 0.375 e. The minimum absolute atomic E-state index is 0.242. The minimum atomic E-state index is -0.743. The largest absolute Gasteiger partial charge is 0.460 e. The van der Waals surface area contributed by atoms with Gasteiger partial charge in [-0.3, -0.25) is 4.79 Å². The lowest BCUT2D eigenvalue weighted by Crippen LogP contribution is -2.23. The molecule has 0 aliphatic carbocycles. The molecule has 0 spiro atoms. The van der Waals surface area contributed by atoms with Crippen LogP contribution in [0.15, 0.2) is 11.6 Å². The average molecular weight is 184 g/mol. The maximum atomic E-state index is 11.2. The normalized spacial score (nSPS) is 11.7. The van der Waals surface area contributed by atoms with Crippen molar-refractivity contribution in [2.24, 2.45) is 5.92 Å². The van der Waals surface area contributed by atoms with E-state index in [0.717, 1.165) is 5.57 Å². The number of allylic oxidation sites excluding steroid dienone is 2. The fourth-order valence-corrected chi connectivity index (χ4v) is 0.964. The number of hydrogen-bond acceptors (Lipinski definition) is 3. The molecular formula is C10H16O3. The number of carbonyl (C=O) groups excluding carboxylic acids is 2. The summed E-state index contributed by atoms with van der Waals surface area (Å²) in [6.45, 7) is 7.37. The number of carbonyl (C=O) groups is 2. The number of rotatable bonds is 4. The zero-order valence-electron chi connectivity index (χ0n) is 8.59. The highest BCUT2D eigenvalue weighted by molar-refractivity contribution is 6.34. The lowest BCUT2D eigenvalue weighted by atomic mass is 10.0. The minimum Gasteiger partial charge on any atom is -0.460 e. The summed E-state index contributed by atoms with van der Waals surface area (Å²) in [6.07, 6.45) is 1.75. The van der Waals surface area contributed by atoms with Gasteiger partial charge < -0.3 is 4.74 Å². The molecule has 0 rings (SSSR count). The Bertz CT molecular complexity index is 224. The van der Waals surface area contributed by atoms with E-state index in [4.69, 9.17) is 0 Å². The molecule has 0 saturated heterocycles. The lowest BCUT2D eigenvalue weighted by molar-refractivity contribution is -0.154. The van der Waals surface area contributed by atoms with Gasteiger partial charge in [-0.25, -0.2) is 4.79 Å². The second kappa shape index (κ2) is 5.51. The Hall–Kier alpha value is -1.12. The predicted octanol–water partition coefficient (Wildman–Crippen LogP) is 1.72. The molecule has 1 atom stereocenters. The summed E-state index contributed by atoms with van der Waals surface area (Å²) in [5, 5.41) is 0. The molecule has 0 aromatic carbocycles. The van der Waals surface area contributed by atoms with Gasteiger partial charge in [-0.05, 0) is 20.8 Å². The van der Waals surface area contributed by atoms with Crippen LogP contribution in [0.25, 0.3) is 0 Å². The SMILES string of the molecule is CCOC(=O)C(=O)C(C)C=C(C)C. The molecule has 0 N–H and O–H groups in total. The van der Waals surface area contributed by atoms with E-state index in [0.29, 0.717) is 0 Å². The van der Waals surface area contributed by atoms with E-state index in [1.54, 1.807) is 19.9 Å². The molecule has 0 aliphatic rings. The van der Waals surface area contributed by atoms with E-state index in [1.165, 1.54) is 0 Å². The highest BCUT2D eigenvalue weighted by atomic mass is 16.5. The number of esters is 1. The van der Waals surface area contributed by atoms with Crippen molar-refractivity contribution < 1.29 is 14.3 Å². The maximum absolute atomic E-state index is 11.2. The molecule has 0 saturated carbocycles. The van der Waals surface area contributed by atoms with Crippen molar-refractivity contribution in [1.82, 2.24) is 0 Å². The average Bonchev–Trinajstić information content (AvgIpc) is 2.02. The van der Waals surface area contributed by atoms with Crippen LogP contribution in [-0.4, -0.2) is 18.4 Å². The fourth-order valence-electron chi connectivity index (χ4n) is 0.964. The van der Waals surface area contributed by atoms with Crippen molar-refractivity contribution in [3.8, 4) is 0 Å². The summed E-state index contributed by atoms with van der Waals surface area (Å²) >= 11 is 0. The van der Waals surface area contributed by atoms with Crippen LogP contribution in [0.1, 0.15) is 27.7 Å². The first-order valence-corrected chi connectivity index (χ1v) is 4.35. The Morgan fingerprint density at radius 2 is 1.92 bits per heavy atom. The van der Waals surface area contributed by atoms with Crippen molar-refractivity contribution in [2.45, 2.75) is 27.7 Å². The number of Topliss-reactive ketones (excluding diaryl/α,β-unsaturated/α-hetero) is 1. The van der Waals surface area contributed by atoms with E-state index in [1.807, 2.05) is 13.8 Å². The molecular weight excluding hydrogens is 168 g/mol. The molecule has 0 aliphatic heterocycles. The second-order valence-corrected chi connectivity index (χ2v) is 3.12. The molecule has 0 aromatic heterocycles. The van der Waals surface area contributed by atoms with Gasteiger partial charge in [0.2, 0.25) is 5.78 Å². The van der Waals surface area contributed by atoms with Crippen molar-refractivity contribution in [3.63, 3.8) is 0 Å². The predicted molar refractivity (Wildman–Crippen MR) is 50.2 cm³/mol. The van der Waals surface area contributed by atoms with Crippen LogP contribution in [0, 0.1) is 5.92 Å². The first-order chi connectivity index (χ1) is 5.99. The van der Waals surface area contributed by atoms with Gasteiger partial charge in [0.05, 0.1) is 6.61 Å². The zero-order chi connectivity index (χ0) is 10.4. The molecule has 0 heterocycles. The highest BCUT2D eigenvalue weighted by Gasteiger charge is 2.20. The zero-order valence-corrected chi connectivity index (χ0v) is 8.59. The fraction of sp³-hybridized carbons (Fsp3) is 0.600. The topological polar surface area (TPSA) is 43.4 Å². The number of ketones is 1. The Balaban J connectivity index is 4.26. The monoisotopic (exact) mass is 184 g/mol. The van der Waals surface area contributed by atoms with Crippen LogP contribution in [0.3, 0.4) is 0 Å². The van der Waals surface area contributed by atoms with E-state index in [9.17, 15) is 9.59 Å². The third kappa shape index (κ3) is 4.45. The Morgan fingerprint density at radius 1 is 1.38 bits per heavy atom. The summed E-state index contributed by atoms with van der Waals surface area (Å²) in [6, 6.07) is 0. The van der Waals surface area contributed by atoms with Gasteiger partial charge in [0, 0.05) is 5.92 Å². The molecule has 1 unspecified atom stereocenters. The van der Waals surface area contributed by atoms with E-state index >= 15 is 0 Å². The number of ether oxygens (including phenoxy) is 1. The quantitative estimate of drug-likeness (QED) is 0.379. The van der Waals surface area contributed by atoms with E-state index in [-0.39, 0.29) is 12.5 Å². The van der Waals surface area contributed by atoms with Crippen molar-refractivity contribution in [1.29, 1.82) is 0 Å². The number of hydrogen-bond donors (Lipinski definition) is 0. The van der Waals surface area contributed by atoms with Gasteiger partial charge >= 0.3 is 5.97 Å².